The lowest BCUT2D eigenvalue weighted by molar-refractivity contribution is 0.0386. The van der Waals surface area contributed by atoms with Crippen LogP contribution in [0, 0.1) is 11.3 Å². The first-order chi connectivity index (χ1) is 6.79. The van der Waals surface area contributed by atoms with Gasteiger partial charge in [-0.15, -0.1) is 0 Å². The Balaban J connectivity index is 2.06. The van der Waals surface area contributed by atoms with E-state index in [2.05, 4.69) is 18.0 Å². The predicted molar refractivity (Wildman–Crippen MR) is 53.1 cm³/mol. The van der Waals surface area contributed by atoms with E-state index in [4.69, 9.17) is 10.00 Å². The van der Waals surface area contributed by atoms with Crippen molar-refractivity contribution in [3.63, 3.8) is 0 Å². The zero-order valence-electron chi connectivity index (χ0n) is 8.10. The molecule has 2 rings (SSSR count). The largest absolute Gasteiger partial charge is 0.486 e. The number of rotatable bonds is 2. The Hall–Kier alpha value is -1.53. The summed E-state index contributed by atoms with van der Waals surface area (Å²) in [6, 6.07) is 9.47. The van der Waals surface area contributed by atoms with E-state index < -0.39 is 0 Å². The fraction of sp³-hybridized carbons (Fsp3) is 0.364. The monoisotopic (exact) mass is 188 g/mol. The lowest BCUT2D eigenvalue weighted by atomic mass is 10.1. The van der Waals surface area contributed by atoms with Gasteiger partial charge in [0.15, 0.2) is 0 Å². The summed E-state index contributed by atoms with van der Waals surface area (Å²) in [7, 11) is 2.05. The van der Waals surface area contributed by atoms with E-state index >= 15 is 0 Å². The molecular formula is C11H12N2O. The summed E-state index contributed by atoms with van der Waals surface area (Å²) >= 11 is 0. The van der Waals surface area contributed by atoms with Gasteiger partial charge in [0.1, 0.15) is 17.9 Å². The van der Waals surface area contributed by atoms with Crippen LogP contribution >= 0.6 is 0 Å². The molecule has 0 unspecified atom stereocenters. The van der Waals surface area contributed by atoms with Crippen molar-refractivity contribution >= 4 is 0 Å². The smallest absolute Gasteiger partial charge is 0.137 e. The van der Waals surface area contributed by atoms with Crippen LogP contribution in [0.25, 0.3) is 0 Å². The van der Waals surface area contributed by atoms with Gasteiger partial charge in [-0.1, -0.05) is 12.1 Å². The fourth-order valence-corrected chi connectivity index (χ4v) is 1.56. The van der Waals surface area contributed by atoms with Crippen LogP contribution in [-0.4, -0.2) is 31.1 Å². The van der Waals surface area contributed by atoms with Gasteiger partial charge in [0, 0.05) is 13.1 Å². The summed E-state index contributed by atoms with van der Waals surface area (Å²) in [6.45, 7) is 1.89. The first-order valence-corrected chi connectivity index (χ1v) is 4.64. The zero-order valence-corrected chi connectivity index (χ0v) is 8.10. The Kier molecular flexibility index (Phi) is 2.38. The molecule has 72 valence electrons. The number of nitriles is 1. The molecule has 0 aliphatic carbocycles. The summed E-state index contributed by atoms with van der Waals surface area (Å²) in [5.41, 5.74) is 0.613. The molecule has 0 radical (unpaired) electrons. The van der Waals surface area contributed by atoms with Crippen molar-refractivity contribution < 1.29 is 4.74 Å². The minimum atomic E-state index is 0.245. The van der Waals surface area contributed by atoms with Crippen LogP contribution in [0.5, 0.6) is 5.75 Å². The van der Waals surface area contributed by atoms with E-state index in [-0.39, 0.29) is 6.10 Å². The molecule has 0 atom stereocenters. The summed E-state index contributed by atoms with van der Waals surface area (Å²) in [6.07, 6.45) is 0.245. The molecule has 14 heavy (non-hydrogen) atoms. The molecule has 3 nitrogen and oxygen atoms in total. The minimum Gasteiger partial charge on any atom is -0.486 e. The maximum Gasteiger partial charge on any atom is 0.137 e. The number of nitrogens with zero attached hydrogens (tertiary/aromatic N) is 2. The van der Waals surface area contributed by atoms with E-state index in [0.29, 0.717) is 11.3 Å². The number of benzene rings is 1. The average molecular weight is 188 g/mol. The Labute approximate surface area is 83.5 Å². The molecule has 3 heteroatoms. The summed E-state index contributed by atoms with van der Waals surface area (Å²) < 4.78 is 5.68. The minimum absolute atomic E-state index is 0.245. The normalized spacial score (nSPS) is 17.1. The molecule has 1 saturated heterocycles. The highest BCUT2D eigenvalue weighted by Gasteiger charge is 2.25. The van der Waals surface area contributed by atoms with Crippen molar-refractivity contribution in [2.45, 2.75) is 6.10 Å². The third-order valence-corrected chi connectivity index (χ3v) is 2.33. The van der Waals surface area contributed by atoms with Gasteiger partial charge >= 0.3 is 0 Å². The van der Waals surface area contributed by atoms with Crippen LogP contribution in [0.3, 0.4) is 0 Å². The molecule has 1 aromatic carbocycles. The average Bonchev–Trinajstić information content (AvgIpc) is 2.16. The van der Waals surface area contributed by atoms with Gasteiger partial charge in [-0.05, 0) is 19.2 Å². The number of likely N-dealkylation sites (N-methyl/N-ethyl adjacent to an activating group) is 1. The van der Waals surface area contributed by atoms with E-state index in [0.717, 1.165) is 13.1 Å². The Morgan fingerprint density at radius 2 is 2.14 bits per heavy atom. The maximum absolute atomic E-state index is 8.83. The van der Waals surface area contributed by atoms with Gasteiger partial charge in [-0.25, -0.2) is 0 Å². The van der Waals surface area contributed by atoms with Crippen LogP contribution in [0.4, 0.5) is 0 Å². The van der Waals surface area contributed by atoms with Gasteiger partial charge in [0.25, 0.3) is 0 Å². The molecule has 1 aliphatic heterocycles. The van der Waals surface area contributed by atoms with Crippen LogP contribution < -0.4 is 4.74 Å². The maximum atomic E-state index is 8.83. The summed E-state index contributed by atoms with van der Waals surface area (Å²) in [5, 5.41) is 8.83. The molecule has 0 aromatic heterocycles. The van der Waals surface area contributed by atoms with Gasteiger partial charge in [-0.2, -0.15) is 5.26 Å². The Morgan fingerprint density at radius 1 is 1.43 bits per heavy atom. The predicted octanol–water partition coefficient (Wildman–Crippen LogP) is 1.25. The van der Waals surface area contributed by atoms with Crippen LogP contribution in [0.2, 0.25) is 0 Å². The SMILES string of the molecule is CN1CC(Oc2ccccc2C#N)C1. The second kappa shape index (κ2) is 3.69. The number of likely N-dealkylation sites (tertiary alicyclic amines) is 1. The lowest BCUT2D eigenvalue weighted by Gasteiger charge is -2.36. The Morgan fingerprint density at radius 3 is 2.79 bits per heavy atom. The molecule has 0 bridgehead atoms. The zero-order chi connectivity index (χ0) is 9.97. The van der Waals surface area contributed by atoms with Gasteiger partial charge in [-0.3, -0.25) is 4.90 Å². The summed E-state index contributed by atoms with van der Waals surface area (Å²) in [4.78, 5) is 2.18. The van der Waals surface area contributed by atoms with Gasteiger partial charge < -0.3 is 4.74 Å². The van der Waals surface area contributed by atoms with Crippen LogP contribution in [0.1, 0.15) is 5.56 Å². The number of hydrogen-bond acceptors (Lipinski definition) is 3. The van der Waals surface area contributed by atoms with Crippen LogP contribution in [0.15, 0.2) is 24.3 Å². The van der Waals surface area contributed by atoms with Gasteiger partial charge in [0.2, 0.25) is 0 Å². The highest BCUT2D eigenvalue weighted by atomic mass is 16.5. The number of ether oxygens (including phenoxy) is 1. The molecule has 0 amide bonds. The molecule has 1 aliphatic rings. The molecule has 0 N–H and O–H groups in total. The van der Waals surface area contributed by atoms with Crippen molar-refractivity contribution in [3.8, 4) is 11.8 Å². The van der Waals surface area contributed by atoms with Crippen LogP contribution in [-0.2, 0) is 0 Å². The number of hydrogen-bond donors (Lipinski definition) is 0. The second-order valence-corrected chi connectivity index (χ2v) is 3.57. The molecule has 1 aromatic rings. The molecule has 1 heterocycles. The van der Waals surface area contributed by atoms with Crippen molar-refractivity contribution in [2.24, 2.45) is 0 Å². The number of para-hydroxylation sites is 1. The van der Waals surface area contributed by atoms with E-state index in [9.17, 15) is 0 Å². The highest BCUT2D eigenvalue weighted by Crippen LogP contribution is 2.20. The van der Waals surface area contributed by atoms with Crippen molar-refractivity contribution in [2.75, 3.05) is 20.1 Å². The third kappa shape index (κ3) is 1.70. The molecule has 0 saturated carbocycles. The lowest BCUT2D eigenvalue weighted by Crippen LogP contribution is -2.51. The first kappa shape index (κ1) is 9.04. The van der Waals surface area contributed by atoms with Gasteiger partial charge in [0.05, 0.1) is 5.56 Å². The Bertz CT molecular complexity index is 364. The molecule has 0 spiro atoms. The van der Waals surface area contributed by atoms with E-state index in [1.807, 2.05) is 18.2 Å². The molecular weight excluding hydrogens is 176 g/mol. The van der Waals surface area contributed by atoms with Crippen molar-refractivity contribution in [1.29, 1.82) is 5.26 Å². The standard InChI is InChI=1S/C11H12N2O/c1-13-7-10(8-13)14-11-5-3-2-4-9(11)6-12/h2-5,10H,7-8H2,1H3. The quantitative estimate of drug-likeness (QED) is 0.700. The van der Waals surface area contributed by atoms with E-state index in [1.165, 1.54) is 0 Å². The highest BCUT2D eigenvalue weighted by molar-refractivity contribution is 5.42. The van der Waals surface area contributed by atoms with E-state index in [1.54, 1.807) is 6.07 Å². The third-order valence-electron chi connectivity index (χ3n) is 2.33. The summed E-state index contributed by atoms with van der Waals surface area (Å²) in [5.74, 6) is 0.702. The van der Waals surface area contributed by atoms with Crippen molar-refractivity contribution in [3.05, 3.63) is 29.8 Å². The molecule has 1 fully saturated rings. The first-order valence-electron chi connectivity index (χ1n) is 4.64. The fourth-order valence-electron chi connectivity index (χ4n) is 1.56. The second-order valence-electron chi connectivity index (χ2n) is 3.57. The van der Waals surface area contributed by atoms with Crippen molar-refractivity contribution in [1.82, 2.24) is 4.90 Å². The topological polar surface area (TPSA) is 36.3 Å².